The molecule has 3 aliphatic carbocycles. The van der Waals surface area contributed by atoms with E-state index >= 15 is 0 Å². The van der Waals surface area contributed by atoms with Crippen LogP contribution in [0.5, 0.6) is 0 Å². The van der Waals surface area contributed by atoms with E-state index in [0.717, 1.165) is 24.2 Å². The quantitative estimate of drug-likeness (QED) is 0.673. The minimum absolute atomic E-state index is 0.162. The van der Waals surface area contributed by atoms with Gasteiger partial charge in [-0.1, -0.05) is 6.07 Å². The van der Waals surface area contributed by atoms with Crippen molar-refractivity contribution in [2.75, 3.05) is 7.05 Å². The molecule has 1 aromatic heterocycles. The molecule has 2 heterocycles. The van der Waals surface area contributed by atoms with Crippen molar-refractivity contribution in [3.63, 3.8) is 0 Å². The van der Waals surface area contributed by atoms with E-state index in [-0.39, 0.29) is 25.7 Å². The number of guanidine groups is 2. The number of nitrogens with one attached hydrogen (secondary N) is 2. The maximum atomic E-state index is 13.7. The Morgan fingerprint density at radius 3 is 2.41 bits per heavy atom. The highest BCUT2D eigenvalue weighted by molar-refractivity contribution is 6.00. The number of alkyl halides is 4. The molecule has 3 saturated carbocycles. The Hall–Kier alpha value is -2.39. The van der Waals surface area contributed by atoms with Crippen molar-refractivity contribution < 1.29 is 17.6 Å². The van der Waals surface area contributed by atoms with Gasteiger partial charge in [-0.15, -0.1) is 0 Å². The Balaban J connectivity index is 1.42. The van der Waals surface area contributed by atoms with Crippen LogP contribution in [-0.4, -0.2) is 52.8 Å². The molecule has 6 nitrogen and oxygen atoms in total. The van der Waals surface area contributed by atoms with Crippen LogP contribution in [-0.2, 0) is 0 Å². The Morgan fingerprint density at radius 2 is 1.75 bits per heavy atom. The number of aliphatic imine (C=N–C) groups is 2. The van der Waals surface area contributed by atoms with Crippen molar-refractivity contribution in [1.82, 2.24) is 20.5 Å². The number of pyridine rings is 1. The molecule has 1 aliphatic heterocycles. The standard InChI is InChI=1S/C22H28F4N6/c1-32-18(17-4-2-3-16(29-17)13-5-6-13)30-19(27-14-7-9-21(23,24)11-14)31-20(32)28-15-8-10-22(25,26)12-15/h2-4,13-15,18H,5-12H2,1H3,(H2,27,28,30,31). The lowest BCUT2D eigenvalue weighted by Crippen LogP contribution is -2.55. The third kappa shape index (κ3) is 4.68. The van der Waals surface area contributed by atoms with Crippen LogP contribution in [0.25, 0.3) is 0 Å². The topological polar surface area (TPSA) is 64.9 Å². The molecule has 3 atom stereocenters. The van der Waals surface area contributed by atoms with E-state index in [4.69, 9.17) is 9.98 Å². The van der Waals surface area contributed by atoms with E-state index in [2.05, 4.69) is 15.6 Å². The average Bonchev–Trinajstić information content (AvgIpc) is 3.45. The molecule has 174 valence electrons. The summed E-state index contributed by atoms with van der Waals surface area (Å²) in [6, 6.07) is 4.91. The Morgan fingerprint density at radius 1 is 1.03 bits per heavy atom. The molecule has 0 aromatic carbocycles. The highest BCUT2D eigenvalue weighted by Crippen LogP contribution is 2.40. The second kappa shape index (κ2) is 7.88. The summed E-state index contributed by atoms with van der Waals surface area (Å²) in [5, 5.41) is 6.15. The Kier molecular flexibility index (Phi) is 5.28. The van der Waals surface area contributed by atoms with Gasteiger partial charge in [0.15, 0.2) is 6.17 Å². The molecule has 32 heavy (non-hydrogen) atoms. The highest BCUT2D eigenvalue weighted by Gasteiger charge is 2.42. The van der Waals surface area contributed by atoms with Crippen LogP contribution in [0.1, 0.15) is 74.8 Å². The second-order valence-electron chi connectivity index (χ2n) is 9.49. The number of halogens is 4. The van der Waals surface area contributed by atoms with Gasteiger partial charge in [-0.05, 0) is 37.8 Å². The zero-order valence-corrected chi connectivity index (χ0v) is 18.0. The summed E-state index contributed by atoms with van der Waals surface area (Å²) in [5.41, 5.74) is 1.74. The van der Waals surface area contributed by atoms with Gasteiger partial charge in [0.25, 0.3) is 0 Å². The molecule has 2 N–H and O–H groups in total. The predicted octanol–water partition coefficient (Wildman–Crippen LogP) is 4.17. The van der Waals surface area contributed by atoms with E-state index in [1.54, 1.807) is 11.9 Å². The fourth-order valence-corrected chi connectivity index (χ4v) is 4.71. The highest BCUT2D eigenvalue weighted by atomic mass is 19.3. The lowest BCUT2D eigenvalue weighted by Gasteiger charge is -2.35. The number of rotatable bonds is 4. The summed E-state index contributed by atoms with van der Waals surface area (Å²) in [6.45, 7) is 0. The van der Waals surface area contributed by atoms with Crippen LogP contribution in [0.2, 0.25) is 0 Å². The van der Waals surface area contributed by atoms with Crippen LogP contribution in [0.4, 0.5) is 17.6 Å². The van der Waals surface area contributed by atoms with Crippen molar-refractivity contribution in [1.29, 1.82) is 0 Å². The molecule has 0 amide bonds. The second-order valence-corrected chi connectivity index (χ2v) is 9.49. The normalized spacial score (nSPS) is 32.7. The van der Waals surface area contributed by atoms with Crippen molar-refractivity contribution in [3.8, 4) is 0 Å². The van der Waals surface area contributed by atoms with E-state index in [9.17, 15) is 17.6 Å². The first-order valence-corrected chi connectivity index (χ1v) is 11.3. The third-order valence-corrected chi connectivity index (χ3v) is 6.66. The molecule has 10 heteroatoms. The first-order valence-electron chi connectivity index (χ1n) is 11.3. The molecule has 1 aromatic rings. The molecule has 0 bridgehead atoms. The molecule has 0 saturated heterocycles. The largest absolute Gasteiger partial charge is 0.353 e. The van der Waals surface area contributed by atoms with Crippen molar-refractivity contribution >= 4 is 11.9 Å². The molecule has 4 aliphatic rings. The monoisotopic (exact) mass is 452 g/mol. The summed E-state index contributed by atoms with van der Waals surface area (Å²) in [7, 11) is 1.79. The molecule has 3 fully saturated rings. The van der Waals surface area contributed by atoms with Gasteiger partial charge in [-0.25, -0.2) is 27.5 Å². The lowest BCUT2D eigenvalue weighted by molar-refractivity contribution is 0.00700. The van der Waals surface area contributed by atoms with Crippen LogP contribution in [0.15, 0.2) is 28.2 Å². The van der Waals surface area contributed by atoms with Crippen molar-refractivity contribution in [3.05, 3.63) is 29.6 Å². The van der Waals surface area contributed by atoms with E-state index in [1.807, 2.05) is 18.2 Å². The zero-order chi connectivity index (χ0) is 22.5. The van der Waals surface area contributed by atoms with Gasteiger partial charge in [-0.2, -0.15) is 0 Å². The van der Waals surface area contributed by atoms with Gasteiger partial charge in [0.05, 0.1) is 11.7 Å². The fraction of sp³-hybridized carbons (Fsp3) is 0.682. The summed E-state index contributed by atoms with van der Waals surface area (Å²) >= 11 is 0. The third-order valence-electron chi connectivity index (χ3n) is 6.66. The van der Waals surface area contributed by atoms with Crippen LogP contribution < -0.4 is 10.6 Å². The molecule has 3 unspecified atom stereocenters. The van der Waals surface area contributed by atoms with Gasteiger partial charge in [0, 0.05) is 50.4 Å². The van der Waals surface area contributed by atoms with E-state index in [0.29, 0.717) is 30.7 Å². The summed E-state index contributed by atoms with van der Waals surface area (Å²) < 4.78 is 54.8. The van der Waals surface area contributed by atoms with Crippen LogP contribution in [0.3, 0.4) is 0 Å². The average molecular weight is 453 g/mol. The van der Waals surface area contributed by atoms with Gasteiger partial charge < -0.3 is 10.2 Å². The molecule has 0 spiro atoms. The Labute approximate surface area is 184 Å². The number of aromatic nitrogens is 1. The molecular formula is C22H28F4N6. The van der Waals surface area contributed by atoms with E-state index < -0.39 is 30.1 Å². The lowest BCUT2D eigenvalue weighted by atomic mass is 10.2. The SMILES string of the molecule is CN1C(=NC2CCC(F)(F)C2)NC(NC2CCC(F)(F)C2)=NC1c1cccc(C2CC2)n1. The van der Waals surface area contributed by atoms with Crippen LogP contribution in [0, 0.1) is 0 Å². The van der Waals surface area contributed by atoms with Crippen molar-refractivity contribution in [2.24, 2.45) is 9.98 Å². The van der Waals surface area contributed by atoms with Crippen LogP contribution >= 0.6 is 0 Å². The predicted molar refractivity (Wildman–Crippen MR) is 113 cm³/mol. The summed E-state index contributed by atoms with van der Waals surface area (Å²) in [5.74, 6) is -4.18. The van der Waals surface area contributed by atoms with Gasteiger partial charge in [0.2, 0.25) is 23.8 Å². The zero-order valence-electron chi connectivity index (χ0n) is 18.0. The maximum absolute atomic E-state index is 13.7. The van der Waals surface area contributed by atoms with Gasteiger partial charge in [-0.3, -0.25) is 10.3 Å². The molecule has 5 rings (SSSR count). The smallest absolute Gasteiger partial charge is 0.250 e. The number of hydrogen-bond donors (Lipinski definition) is 2. The summed E-state index contributed by atoms with van der Waals surface area (Å²) in [4.78, 5) is 15.8. The van der Waals surface area contributed by atoms with E-state index in [1.165, 1.54) is 0 Å². The molecule has 0 radical (unpaired) electrons. The first-order chi connectivity index (χ1) is 15.2. The van der Waals surface area contributed by atoms with Gasteiger partial charge >= 0.3 is 0 Å². The number of nitrogens with zero attached hydrogens (tertiary/aromatic N) is 4. The van der Waals surface area contributed by atoms with Crippen molar-refractivity contribution in [2.45, 2.75) is 87.4 Å². The minimum atomic E-state index is -2.70. The maximum Gasteiger partial charge on any atom is 0.250 e. The molecular weight excluding hydrogens is 424 g/mol. The minimum Gasteiger partial charge on any atom is -0.353 e. The Bertz CT molecular complexity index is 929. The number of hydrogen-bond acceptors (Lipinski definition) is 4. The summed E-state index contributed by atoms with van der Waals surface area (Å²) in [6.07, 6.45) is 1.46. The van der Waals surface area contributed by atoms with Gasteiger partial charge in [0.1, 0.15) is 0 Å². The first kappa shape index (κ1) is 21.5. The fourth-order valence-electron chi connectivity index (χ4n) is 4.71.